The Balaban J connectivity index is 1.92. The predicted octanol–water partition coefficient (Wildman–Crippen LogP) is 2.83. The van der Waals surface area contributed by atoms with Crippen molar-refractivity contribution in [2.45, 2.75) is 19.8 Å². The molecule has 0 spiro atoms. The highest BCUT2D eigenvalue weighted by Crippen LogP contribution is 2.21. The number of carbonyl (C=O) groups is 3. The van der Waals surface area contributed by atoms with Gasteiger partial charge in [0.15, 0.2) is 0 Å². The van der Waals surface area contributed by atoms with E-state index in [0.717, 1.165) is 6.07 Å². The Hall–Kier alpha value is -3.55. The van der Waals surface area contributed by atoms with Crippen LogP contribution in [0.2, 0.25) is 0 Å². The van der Waals surface area contributed by atoms with Gasteiger partial charge in [0, 0.05) is 18.2 Å². The van der Waals surface area contributed by atoms with E-state index in [1.165, 1.54) is 24.3 Å². The number of ether oxygens (including phenoxy) is 1. The van der Waals surface area contributed by atoms with Crippen LogP contribution in [0.25, 0.3) is 6.08 Å². The summed E-state index contributed by atoms with van der Waals surface area (Å²) in [7, 11) is 0. The average molecular weight is 373 g/mol. The number of rotatable bonds is 8. The highest BCUT2D eigenvalue weighted by atomic mass is 16.5. The molecule has 142 valence electrons. The highest BCUT2D eigenvalue weighted by Gasteiger charge is 2.11. The lowest BCUT2D eigenvalue weighted by molar-refractivity contribution is -0.143. The molecule has 0 bridgehead atoms. The van der Waals surface area contributed by atoms with Gasteiger partial charge >= 0.3 is 11.9 Å². The molecule has 0 fully saturated rings. The third kappa shape index (κ3) is 6.03. The molecule has 8 nitrogen and oxygen atoms in total. The van der Waals surface area contributed by atoms with Gasteiger partial charge in [-0.05, 0) is 43.3 Å². The van der Waals surface area contributed by atoms with Crippen LogP contribution >= 0.6 is 0 Å². The zero-order valence-corrected chi connectivity index (χ0v) is 14.6. The minimum Gasteiger partial charge on any atom is -0.507 e. The molecule has 1 aromatic heterocycles. The number of aromatic carboxylic acids is 1. The van der Waals surface area contributed by atoms with Crippen LogP contribution < -0.4 is 5.32 Å². The van der Waals surface area contributed by atoms with Crippen LogP contribution in [0.1, 0.15) is 35.2 Å². The number of anilines is 1. The molecule has 0 atom stereocenters. The summed E-state index contributed by atoms with van der Waals surface area (Å²) in [6.07, 6.45) is 3.27. The van der Waals surface area contributed by atoms with Gasteiger partial charge in [0.05, 0.1) is 13.0 Å². The fourth-order valence-corrected chi connectivity index (χ4v) is 2.20. The molecular weight excluding hydrogens is 354 g/mol. The third-order valence-electron chi connectivity index (χ3n) is 3.46. The number of benzene rings is 1. The maximum atomic E-state index is 11.9. The normalized spacial score (nSPS) is 10.7. The molecule has 3 N–H and O–H groups in total. The van der Waals surface area contributed by atoms with E-state index in [2.05, 4.69) is 5.32 Å². The summed E-state index contributed by atoms with van der Waals surface area (Å²) in [4.78, 5) is 34.2. The number of phenols is 1. The van der Waals surface area contributed by atoms with E-state index >= 15 is 0 Å². The van der Waals surface area contributed by atoms with Gasteiger partial charge in [-0.3, -0.25) is 9.59 Å². The number of carbonyl (C=O) groups excluding carboxylic acids is 2. The number of hydrogen-bond acceptors (Lipinski definition) is 6. The summed E-state index contributed by atoms with van der Waals surface area (Å²) < 4.78 is 10.3. The van der Waals surface area contributed by atoms with E-state index in [-0.39, 0.29) is 29.4 Å². The Labute approximate surface area is 155 Å². The Morgan fingerprint density at radius 2 is 2.00 bits per heavy atom. The maximum Gasteiger partial charge on any atom is 0.339 e. The van der Waals surface area contributed by atoms with Crippen LogP contribution in [-0.4, -0.2) is 34.7 Å². The first-order chi connectivity index (χ1) is 12.9. The SMILES string of the molecule is CCOC(=O)CCc1ccc(C=CC(=O)Nc2ccc(O)c(C(=O)O)c2)o1. The van der Waals surface area contributed by atoms with E-state index in [4.69, 9.17) is 14.3 Å². The van der Waals surface area contributed by atoms with Gasteiger partial charge in [-0.25, -0.2) is 4.79 Å². The van der Waals surface area contributed by atoms with E-state index in [9.17, 15) is 19.5 Å². The van der Waals surface area contributed by atoms with Gasteiger partial charge in [-0.2, -0.15) is 0 Å². The molecule has 0 aliphatic rings. The molecule has 2 aromatic rings. The lowest BCUT2D eigenvalue weighted by atomic mass is 10.2. The minimum absolute atomic E-state index is 0.206. The summed E-state index contributed by atoms with van der Waals surface area (Å²) >= 11 is 0. The van der Waals surface area contributed by atoms with Gasteiger partial charge < -0.3 is 24.7 Å². The van der Waals surface area contributed by atoms with Crippen LogP contribution in [0.5, 0.6) is 5.75 Å². The Morgan fingerprint density at radius 1 is 1.22 bits per heavy atom. The molecule has 1 amide bonds. The molecule has 2 rings (SSSR count). The number of aromatic hydroxyl groups is 1. The number of carboxylic acids is 1. The fourth-order valence-electron chi connectivity index (χ4n) is 2.20. The summed E-state index contributed by atoms with van der Waals surface area (Å²) in [6.45, 7) is 2.06. The number of hydrogen-bond donors (Lipinski definition) is 3. The molecule has 0 saturated carbocycles. The minimum atomic E-state index is -1.30. The second kappa shape index (κ2) is 9.23. The average Bonchev–Trinajstić information content (AvgIpc) is 3.08. The number of aryl methyl sites for hydroxylation is 1. The van der Waals surface area contributed by atoms with Crippen molar-refractivity contribution in [3.8, 4) is 5.75 Å². The van der Waals surface area contributed by atoms with Gasteiger partial charge in [0.1, 0.15) is 22.8 Å². The lowest BCUT2D eigenvalue weighted by Crippen LogP contribution is -2.08. The maximum absolute atomic E-state index is 11.9. The Bertz CT molecular complexity index is 867. The topological polar surface area (TPSA) is 126 Å². The van der Waals surface area contributed by atoms with E-state index < -0.39 is 11.9 Å². The quantitative estimate of drug-likeness (QED) is 0.369. The van der Waals surface area contributed by atoms with Crippen molar-refractivity contribution in [1.82, 2.24) is 0 Å². The number of amides is 1. The number of esters is 1. The molecule has 0 aliphatic carbocycles. The molecule has 8 heteroatoms. The molecule has 0 aliphatic heterocycles. The first-order valence-corrected chi connectivity index (χ1v) is 8.18. The van der Waals surface area contributed by atoms with Crippen molar-refractivity contribution in [3.63, 3.8) is 0 Å². The summed E-state index contributed by atoms with van der Waals surface area (Å²) in [6, 6.07) is 7.09. The van der Waals surface area contributed by atoms with Crippen molar-refractivity contribution in [2.24, 2.45) is 0 Å². The molecule has 0 unspecified atom stereocenters. The zero-order chi connectivity index (χ0) is 19.8. The van der Waals surface area contributed by atoms with Crippen molar-refractivity contribution in [2.75, 3.05) is 11.9 Å². The first kappa shape index (κ1) is 19.8. The van der Waals surface area contributed by atoms with Crippen LogP contribution in [0, 0.1) is 0 Å². The smallest absolute Gasteiger partial charge is 0.339 e. The molecule has 0 saturated heterocycles. The van der Waals surface area contributed by atoms with Crippen LogP contribution in [-0.2, 0) is 20.7 Å². The van der Waals surface area contributed by atoms with Gasteiger partial charge in [-0.15, -0.1) is 0 Å². The standard InChI is InChI=1S/C19H19NO7/c1-2-26-18(23)10-7-14-5-4-13(27-14)6-9-17(22)20-12-3-8-16(21)15(11-12)19(24)25/h3-6,8-9,11,21H,2,7,10H2,1H3,(H,20,22)(H,24,25). The second-order valence-electron chi connectivity index (χ2n) is 5.47. The second-order valence-corrected chi connectivity index (χ2v) is 5.47. The molecule has 27 heavy (non-hydrogen) atoms. The lowest BCUT2D eigenvalue weighted by Gasteiger charge is -2.05. The number of nitrogens with one attached hydrogen (secondary N) is 1. The fraction of sp³-hybridized carbons (Fsp3) is 0.211. The molecule has 0 radical (unpaired) electrons. The number of carboxylic acid groups (broad SMARTS) is 1. The summed E-state index contributed by atoms with van der Waals surface area (Å²) in [5.74, 6) is -1.47. The van der Waals surface area contributed by atoms with Gasteiger partial charge in [-0.1, -0.05) is 0 Å². The summed E-state index contributed by atoms with van der Waals surface area (Å²) in [5.41, 5.74) is -0.0801. The predicted molar refractivity (Wildman–Crippen MR) is 96.4 cm³/mol. The van der Waals surface area contributed by atoms with Crippen molar-refractivity contribution >= 4 is 29.6 Å². The van der Waals surface area contributed by atoms with Crippen LogP contribution in [0.3, 0.4) is 0 Å². The molecule has 1 aromatic carbocycles. The Kier molecular flexibility index (Phi) is 6.76. The third-order valence-corrected chi connectivity index (χ3v) is 3.46. The Morgan fingerprint density at radius 3 is 2.70 bits per heavy atom. The zero-order valence-electron chi connectivity index (χ0n) is 14.6. The van der Waals surface area contributed by atoms with Gasteiger partial charge in [0.2, 0.25) is 5.91 Å². The molecule has 1 heterocycles. The van der Waals surface area contributed by atoms with Crippen molar-refractivity contribution in [1.29, 1.82) is 0 Å². The van der Waals surface area contributed by atoms with E-state index in [1.807, 2.05) is 0 Å². The highest BCUT2D eigenvalue weighted by molar-refractivity contribution is 6.02. The van der Waals surface area contributed by atoms with Gasteiger partial charge in [0.25, 0.3) is 0 Å². The van der Waals surface area contributed by atoms with Crippen molar-refractivity contribution in [3.05, 3.63) is 53.5 Å². The van der Waals surface area contributed by atoms with Crippen LogP contribution in [0.4, 0.5) is 5.69 Å². The van der Waals surface area contributed by atoms with E-state index in [1.54, 1.807) is 19.1 Å². The van der Waals surface area contributed by atoms with Crippen LogP contribution in [0.15, 0.2) is 40.8 Å². The van der Waals surface area contributed by atoms with Crippen molar-refractivity contribution < 1.29 is 33.8 Å². The van der Waals surface area contributed by atoms with E-state index in [0.29, 0.717) is 24.5 Å². The largest absolute Gasteiger partial charge is 0.507 e. The number of furan rings is 1. The monoisotopic (exact) mass is 373 g/mol. The molecular formula is C19H19NO7. The summed E-state index contributed by atoms with van der Waals surface area (Å²) in [5, 5.41) is 20.9. The first-order valence-electron chi connectivity index (χ1n) is 8.18.